The van der Waals surface area contributed by atoms with Crippen LogP contribution in [0.3, 0.4) is 0 Å². The number of halogens is 1. The molecule has 0 bridgehead atoms. The predicted molar refractivity (Wildman–Crippen MR) is 80.4 cm³/mol. The van der Waals surface area contributed by atoms with Gasteiger partial charge in [-0.25, -0.2) is 0 Å². The molecule has 1 heterocycles. The van der Waals surface area contributed by atoms with Gasteiger partial charge in [-0.05, 0) is 38.1 Å². The third-order valence-corrected chi connectivity index (χ3v) is 3.53. The van der Waals surface area contributed by atoms with E-state index in [2.05, 4.69) is 5.32 Å². The summed E-state index contributed by atoms with van der Waals surface area (Å²) in [7, 11) is 0. The van der Waals surface area contributed by atoms with Crippen molar-refractivity contribution in [3.05, 3.63) is 34.9 Å². The SMILES string of the molecule is C[C@H]1CN(C(=O)CNC(=O)c2ccc(Cl)cc2)C[C@H](C)O1. The van der Waals surface area contributed by atoms with Crippen LogP contribution in [0.2, 0.25) is 5.02 Å². The molecule has 0 saturated carbocycles. The molecule has 1 N–H and O–H groups in total. The highest BCUT2D eigenvalue weighted by atomic mass is 35.5. The third kappa shape index (κ3) is 4.44. The van der Waals surface area contributed by atoms with Crippen molar-refractivity contribution in [2.45, 2.75) is 26.1 Å². The summed E-state index contributed by atoms with van der Waals surface area (Å²) >= 11 is 5.77. The molecule has 1 aliphatic rings. The van der Waals surface area contributed by atoms with Gasteiger partial charge in [-0.1, -0.05) is 11.6 Å². The van der Waals surface area contributed by atoms with Crippen molar-refractivity contribution in [2.75, 3.05) is 19.6 Å². The van der Waals surface area contributed by atoms with E-state index < -0.39 is 0 Å². The first kappa shape index (κ1) is 15.8. The maximum absolute atomic E-state index is 12.1. The van der Waals surface area contributed by atoms with Crippen LogP contribution >= 0.6 is 11.6 Å². The molecule has 114 valence electrons. The number of morpholine rings is 1. The normalized spacial score (nSPS) is 22.0. The molecular weight excluding hydrogens is 292 g/mol. The van der Waals surface area contributed by atoms with E-state index in [1.54, 1.807) is 29.2 Å². The Balaban J connectivity index is 1.86. The van der Waals surface area contributed by atoms with Crippen LogP contribution in [0.25, 0.3) is 0 Å². The van der Waals surface area contributed by atoms with E-state index >= 15 is 0 Å². The van der Waals surface area contributed by atoms with Crippen LogP contribution in [0.5, 0.6) is 0 Å². The Morgan fingerprint density at radius 1 is 1.24 bits per heavy atom. The van der Waals surface area contributed by atoms with Gasteiger partial charge in [0.25, 0.3) is 5.91 Å². The van der Waals surface area contributed by atoms with Gasteiger partial charge in [-0.15, -0.1) is 0 Å². The average molecular weight is 311 g/mol. The predicted octanol–water partition coefficient (Wildman–Crippen LogP) is 1.71. The second-order valence-electron chi connectivity index (χ2n) is 5.25. The molecule has 0 aliphatic carbocycles. The van der Waals surface area contributed by atoms with Crippen molar-refractivity contribution in [1.29, 1.82) is 0 Å². The van der Waals surface area contributed by atoms with Gasteiger partial charge < -0.3 is 15.0 Å². The molecule has 2 amide bonds. The van der Waals surface area contributed by atoms with Crippen molar-refractivity contribution in [3.63, 3.8) is 0 Å². The van der Waals surface area contributed by atoms with Crippen LogP contribution in [0.15, 0.2) is 24.3 Å². The molecule has 0 radical (unpaired) electrons. The molecule has 21 heavy (non-hydrogen) atoms. The van der Waals surface area contributed by atoms with Gasteiger partial charge in [-0.3, -0.25) is 9.59 Å². The van der Waals surface area contributed by atoms with Crippen LogP contribution in [-0.4, -0.2) is 48.6 Å². The Hall–Kier alpha value is -1.59. The highest BCUT2D eigenvalue weighted by molar-refractivity contribution is 6.30. The molecule has 1 aliphatic heterocycles. The number of hydrogen-bond donors (Lipinski definition) is 1. The third-order valence-electron chi connectivity index (χ3n) is 3.28. The van der Waals surface area contributed by atoms with Gasteiger partial charge in [0, 0.05) is 23.7 Å². The molecule has 1 saturated heterocycles. The van der Waals surface area contributed by atoms with E-state index in [0.29, 0.717) is 23.7 Å². The highest BCUT2D eigenvalue weighted by Crippen LogP contribution is 2.11. The lowest BCUT2D eigenvalue weighted by Crippen LogP contribution is -2.51. The smallest absolute Gasteiger partial charge is 0.251 e. The maximum Gasteiger partial charge on any atom is 0.251 e. The fourth-order valence-electron chi connectivity index (χ4n) is 2.35. The zero-order valence-corrected chi connectivity index (χ0v) is 12.9. The number of carbonyl (C=O) groups excluding carboxylic acids is 2. The van der Waals surface area contributed by atoms with E-state index in [-0.39, 0.29) is 30.6 Å². The Morgan fingerprint density at radius 2 is 1.81 bits per heavy atom. The topological polar surface area (TPSA) is 58.6 Å². The number of carbonyl (C=O) groups is 2. The van der Waals surface area contributed by atoms with Crippen LogP contribution < -0.4 is 5.32 Å². The van der Waals surface area contributed by atoms with Gasteiger partial charge in [0.15, 0.2) is 0 Å². The first-order valence-electron chi connectivity index (χ1n) is 6.92. The first-order valence-corrected chi connectivity index (χ1v) is 7.30. The van der Waals surface area contributed by atoms with Crippen molar-refractivity contribution >= 4 is 23.4 Å². The van der Waals surface area contributed by atoms with Crippen molar-refractivity contribution in [1.82, 2.24) is 10.2 Å². The van der Waals surface area contributed by atoms with Crippen LogP contribution in [-0.2, 0) is 9.53 Å². The van der Waals surface area contributed by atoms with E-state index in [1.807, 2.05) is 13.8 Å². The Bertz CT molecular complexity index is 508. The van der Waals surface area contributed by atoms with Gasteiger partial charge >= 0.3 is 0 Å². The molecule has 0 unspecified atom stereocenters. The number of benzene rings is 1. The van der Waals surface area contributed by atoms with E-state index in [1.165, 1.54) is 0 Å². The molecule has 0 aromatic heterocycles. The van der Waals surface area contributed by atoms with Crippen LogP contribution in [0.4, 0.5) is 0 Å². The zero-order chi connectivity index (χ0) is 15.4. The zero-order valence-electron chi connectivity index (χ0n) is 12.1. The minimum Gasteiger partial charge on any atom is -0.372 e. The summed E-state index contributed by atoms with van der Waals surface area (Å²) in [6.45, 7) is 4.96. The minimum absolute atomic E-state index is 0.0130. The summed E-state index contributed by atoms with van der Waals surface area (Å²) in [6.07, 6.45) is 0.0364. The number of hydrogen-bond acceptors (Lipinski definition) is 3. The van der Waals surface area contributed by atoms with E-state index in [4.69, 9.17) is 16.3 Å². The summed E-state index contributed by atoms with van der Waals surface area (Å²) in [6, 6.07) is 6.54. The summed E-state index contributed by atoms with van der Waals surface area (Å²) < 4.78 is 5.58. The van der Waals surface area contributed by atoms with Gasteiger partial charge in [0.2, 0.25) is 5.91 Å². The standard InChI is InChI=1S/C15H19ClN2O3/c1-10-8-18(9-11(2)21-10)14(19)7-17-15(20)12-3-5-13(16)6-4-12/h3-6,10-11H,7-9H2,1-2H3,(H,17,20)/t10-,11-/m0/s1. The lowest BCUT2D eigenvalue weighted by Gasteiger charge is -2.35. The minimum atomic E-state index is -0.283. The van der Waals surface area contributed by atoms with Crippen molar-refractivity contribution in [3.8, 4) is 0 Å². The fourth-order valence-corrected chi connectivity index (χ4v) is 2.48. The maximum atomic E-state index is 12.1. The monoisotopic (exact) mass is 310 g/mol. The Morgan fingerprint density at radius 3 is 2.38 bits per heavy atom. The quantitative estimate of drug-likeness (QED) is 0.924. The second kappa shape index (κ2) is 6.91. The van der Waals surface area contributed by atoms with E-state index in [9.17, 15) is 9.59 Å². The number of amides is 2. The highest BCUT2D eigenvalue weighted by Gasteiger charge is 2.25. The van der Waals surface area contributed by atoms with Gasteiger partial charge in [0.05, 0.1) is 18.8 Å². The molecule has 5 nitrogen and oxygen atoms in total. The summed E-state index contributed by atoms with van der Waals surface area (Å²) in [5.74, 6) is -0.381. The molecular formula is C15H19ClN2O3. The number of ether oxygens (including phenoxy) is 1. The van der Waals surface area contributed by atoms with Gasteiger partial charge in [0.1, 0.15) is 0 Å². The van der Waals surface area contributed by atoms with Crippen LogP contribution in [0, 0.1) is 0 Å². The van der Waals surface area contributed by atoms with Crippen LogP contribution in [0.1, 0.15) is 24.2 Å². The molecule has 1 aromatic carbocycles. The summed E-state index contributed by atoms with van der Waals surface area (Å²) in [5, 5.41) is 3.20. The molecule has 0 spiro atoms. The first-order chi connectivity index (χ1) is 9.95. The summed E-state index contributed by atoms with van der Waals surface area (Å²) in [4.78, 5) is 25.8. The molecule has 6 heteroatoms. The Kier molecular flexibility index (Phi) is 5.20. The van der Waals surface area contributed by atoms with E-state index in [0.717, 1.165) is 0 Å². The molecule has 2 atom stereocenters. The Labute approximate surface area is 129 Å². The lowest BCUT2D eigenvalue weighted by molar-refractivity contribution is -0.142. The van der Waals surface area contributed by atoms with Gasteiger partial charge in [-0.2, -0.15) is 0 Å². The average Bonchev–Trinajstić information content (AvgIpc) is 2.44. The summed E-state index contributed by atoms with van der Waals surface area (Å²) in [5.41, 5.74) is 0.482. The second-order valence-corrected chi connectivity index (χ2v) is 5.68. The molecule has 1 fully saturated rings. The number of nitrogens with one attached hydrogen (secondary N) is 1. The molecule has 1 aromatic rings. The van der Waals surface area contributed by atoms with Crippen molar-refractivity contribution in [2.24, 2.45) is 0 Å². The largest absolute Gasteiger partial charge is 0.372 e. The number of rotatable bonds is 3. The molecule has 2 rings (SSSR count). The lowest BCUT2D eigenvalue weighted by atomic mass is 10.2. The fraction of sp³-hybridized carbons (Fsp3) is 0.467. The number of nitrogens with zero attached hydrogens (tertiary/aromatic N) is 1. The van der Waals surface area contributed by atoms with Crippen molar-refractivity contribution < 1.29 is 14.3 Å².